The minimum atomic E-state index is -1.08. The van der Waals surface area contributed by atoms with Gasteiger partial charge in [-0.25, -0.2) is 0 Å². The summed E-state index contributed by atoms with van der Waals surface area (Å²) in [5, 5.41) is 22.8. The van der Waals surface area contributed by atoms with Crippen LogP contribution in [0.1, 0.15) is 66.7 Å². The minimum absolute atomic E-state index is 0.0689. The fraction of sp³-hybridized carbons (Fsp3) is 0.857. The van der Waals surface area contributed by atoms with E-state index in [4.69, 9.17) is 14.2 Å². The van der Waals surface area contributed by atoms with Crippen LogP contribution in [-0.2, 0) is 23.8 Å². The first-order valence-electron chi connectivity index (χ1n) is 13.5. The van der Waals surface area contributed by atoms with Gasteiger partial charge in [-0.3, -0.25) is 9.59 Å². The molecule has 0 aromatic carbocycles. The molecule has 7 aliphatic rings. The van der Waals surface area contributed by atoms with Crippen molar-refractivity contribution in [1.82, 2.24) is 0 Å². The van der Waals surface area contributed by atoms with Crippen LogP contribution in [-0.4, -0.2) is 57.3 Å². The lowest BCUT2D eigenvalue weighted by atomic mass is 9.44. The third-order valence-corrected chi connectivity index (χ3v) is 12.3. The molecule has 2 spiro atoms. The van der Waals surface area contributed by atoms with Crippen LogP contribution in [0.5, 0.6) is 0 Å². The molecular formula is C28H38O7. The maximum atomic E-state index is 13.4. The van der Waals surface area contributed by atoms with Crippen LogP contribution in [0.4, 0.5) is 0 Å². The second-order valence-electron chi connectivity index (χ2n) is 13.6. The third kappa shape index (κ3) is 2.39. The Morgan fingerprint density at radius 1 is 1.06 bits per heavy atom. The number of carbonyl (C=O) groups is 2. The van der Waals surface area contributed by atoms with Crippen LogP contribution in [0.15, 0.2) is 12.2 Å². The zero-order valence-electron chi connectivity index (χ0n) is 21.3. The Hall–Kier alpha value is -1.28. The zero-order chi connectivity index (χ0) is 24.9. The van der Waals surface area contributed by atoms with E-state index >= 15 is 0 Å². The lowest BCUT2D eigenvalue weighted by Crippen LogP contribution is -2.64. The van der Waals surface area contributed by atoms with Crippen molar-refractivity contribution in [1.29, 1.82) is 0 Å². The summed E-state index contributed by atoms with van der Waals surface area (Å²) in [6.45, 7) is 10.1. The molecule has 2 unspecified atom stereocenters. The van der Waals surface area contributed by atoms with Gasteiger partial charge in [0, 0.05) is 18.3 Å². The Morgan fingerprint density at radius 3 is 2.49 bits per heavy atom. The fourth-order valence-corrected chi connectivity index (χ4v) is 10.6. The molecule has 3 saturated carbocycles. The lowest BCUT2D eigenvalue weighted by molar-refractivity contribution is -0.320. The molecular weight excluding hydrogens is 448 g/mol. The quantitative estimate of drug-likeness (QED) is 0.401. The van der Waals surface area contributed by atoms with Crippen LogP contribution < -0.4 is 0 Å². The first-order chi connectivity index (χ1) is 16.3. The molecule has 7 heteroatoms. The van der Waals surface area contributed by atoms with Gasteiger partial charge in [-0.05, 0) is 74.9 Å². The highest BCUT2D eigenvalue weighted by Gasteiger charge is 2.81. The summed E-state index contributed by atoms with van der Waals surface area (Å²) in [4.78, 5) is 25.9. The highest BCUT2D eigenvalue weighted by atomic mass is 16.7. The van der Waals surface area contributed by atoms with Crippen LogP contribution in [0.25, 0.3) is 0 Å². The molecule has 192 valence electrons. The standard InChI is InChI=1S/C28H38O7/c1-13-14(2)27(35-23(13)31)12-25(4,32)22-18(33-27)11-17-15-10-21-28(34-21)20(30)7-6-19(29)26(28,5)16(15)8-9-24(17,22)3/h6-7,13-18,20-22,30,32H,8-12H2,1-5H3/t13-,14-,15-,16+,17+,18+,20+,21-,22?,24+,25+,26+,27?,28-/m1/s1. The van der Waals surface area contributed by atoms with E-state index in [9.17, 15) is 19.8 Å². The Bertz CT molecular complexity index is 1050. The van der Waals surface area contributed by atoms with Crippen LogP contribution >= 0.6 is 0 Å². The average Bonchev–Trinajstić information content (AvgIpc) is 3.38. The Morgan fingerprint density at radius 2 is 1.80 bits per heavy atom. The van der Waals surface area contributed by atoms with Gasteiger partial charge in [0.05, 0.1) is 29.1 Å². The number of rotatable bonds is 0. The van der Waals surface area contributed by atoms with Gasteiger partial charge in [0.2, 0.25) is 5.79 Å². The number of aliphatic hydroxyl groups is 2. The summed E-state index contributed by atoms with van der Waals surface area (Å²) in [5.41, 5.74) is -2.70. The van der Waals surface area contributed by atoms with Gasteiger partial charge in [-0.15, -0.1) is 0 Å². The molecule has 0 bridgehead atoms. The largest absolute Gasteiger partial charge is 0.432 e. The smallest absolute Gasteiger partial charge is 0.311 e. The third-order valence-electron chi connectivity index (χ3n) is 12.3. The molecule has 3 saturated heterocycles. The molecule has 0 amide bonds. The van der Waals surface area contributed by atoms with Crippen LogP contribution in [0.3, 0.4) is 0 Å². The number of allylic oxidation sites excluding steroid dienone is 1. The van der Waals surface area contributed by atoms with Gasteiger partial charge < -0.3 is 24.4 Å². The second-order valence-corrected chi connectivity index (χ2v) is 13.6. The number of carbonyl (C=O) groups excluding carboxylic acids is 2. The predicted octanol–water partition coefficient (Wildman–Crippen LogP) is 2.77. The minimum Gasteiger partial charge on any atom is -0.432 e. The highest BCUT2D eigenvalue weighted by molar-refractivity contribution is 5.98. The van der Waals surface area contributed by atoms with Crippen molar-refractivity contribution >= 4 is 11.8 Å². The summed E-state index contributed by atoms with van der Waals surface area (Å²) < 4.78 is 18.8. The number of ketones is 1. The van der Waals surface area contributed by atoms with E-state index in [0.717, 1.165) is 25.7 Å². The molecule has 0 radical (unpaired) electrons. The van der Waals surface area contributed by atoms with Crippen molar-refractivity contribution in [2.75, 3.05) is 0 Å². The number of hydrogen-bond acceptors (Lipinski definition) is 7. The molecule has 0 aromatic rings. The fourth-order valence-electron chi connectivity index (χ4n) is 10.6. The molecule has 6 fully saturated rings. The van der Waals surface area contributed by atoms with Gasteiger partial charge in [0.25, 0.3) is 0 Å². The summed E-state index contributed by atoms with van der Waals surface area (Å²) in [7, 11) is 0. The lowest BCUT2D eigenvalue weighted by Gasteiger charge is -2.59. The predicted molar refractivity (Wildman–Crippen MR) is 124 cm³/mol. The first kappa shape index (κ1) is 22.9. The van der Waals surface area contributed by atoms with E-state index < -0.39 is 28.5 Å². The van der Waals surface area contributed by atoms with E-state index in [0.29, 0.717) is 0 Å². The summed E-state index contributed by atoms with van der Waals surface area (Å²) in [5.74, 6) is -1.09. The van der Waals surface area contributed by atoms with Gasteiger partial charge in [-0.1, -0.05) is 20.8 Å². The van der Waals surface area contributed by atoms with Crippen molar-refractivity contribution in [2.45, 2.75) is 102 Å². The Labute approximate surface area is 206 Å². The molecule has 7 rings (SSSR count). The van der Waals surface area contributed by atoms with Gasteiger partial charge in [-0.2, -0.15) is 0 Å². The second kappa shape index (κ2) is 6.40. The summed E-state index contributed by atoms with van der Waals surface area (Å²) in [6.07, 6.45) is 5.75. The summed E-state index contributed by atoms with van der Waals surface area (Å²) >= 11 is 0. The SMILES string of the molecule is C[C@@H]1[C@@H](C)C(=O)OC12C[C@](C)(O)C1[C@H](C[C@H]3[C@@H]4C[C@H]5O[C@]56[C@@H](O)C=CC(=O)[C@]6(C)[C@H]4CC[C@]13C)O2. The zero-order valence-corrected chi connectivity index (χ0v) is 21.3. The van der Waals surface area contributed by atoms with E-state index in [-0.39, 0.29) is 71.3 Å². The number of ether oxygens (including phenoxy) is 3. The van der Waals surface area contributed by atoms with Crippen LogP contribution in [0, 0.1) is 46.3 Å². The van der Waals surface area contributed by atoms with E-state index in [2.05, 4.69) is 6.92 Å². The molecule has 7 nitrogen and oxygen atoms in total. The van der Waals surface area contributed by atoms with Crippen molar-refractivity contribution < 1.29 is 34.0 Å². The molecule has 3 heterocycles. The van der Waals surface area contributed by atoms with Crippen molar-refractivity contribution in [2.24, 2.45) is 46.3 Å². The van der Waals surface area contributed by atoms with Gasteiger partial charge >= 0.3 is 5.97 Å². The molecule has 0 aromatic heterocycles. The maximum Gasteiger partial charge on any atom is 0.311 e. The van der Waals surface area contributed by atoms with Gasteiger partial charge in [0.15, 0.2) is 5.78 Å². The molecule has 2 N–H and O–H groups in total. The normalized spacial score (nSPS) is 64.1. The number of epoxide rings is 1. The molecule has 35 heavy (non-hydrogen) atoms. The maximum absolute atomic E-state index is 13.4. The van der Waals surface area contributed by atoms with Crippen molar-refractivity contribution in [3.63, 3.8) is 0 Å². The molecule has 4 aliphatic carbocycles. The number of aliphatic hydroxyl groups excluding tert-OH is 1. The Kier molecular flexibility index (Phi) is 4.18. The average molecular weight is 487 g/mol. The monoisotopic (exact) mass is 486 g/mol. The summed E-state index contributed by atoms with van der Waals surface area (Å²) in [6, 6.07) is 0. The highest BCUT2D eigenvalue weighted by Crippen LogP contribution is 2.74. The Balaban J connectivity index is 1.26. The van der Waals surface area contributed by atoms with Crippen molar-refractivity contribution in [3.05, 3.63) is 12.2 Å². The topological polar surface area (TPSA) is 106 Å². The van der Waals surface area contributed by atoms with Crippen LogP contribution in [0.2, 0.25) is 0 Å². The molecule has 3 aliphatic heterocycles. The van der Waals surface area contributed by atoms with Crippen molar-refractivity contribution in [3.8, 4) is 0 Å². The van der Waals surface area contributed by atoms with E-state index in [1.54, 1.807) is 12.2 Å². The van der Waals surface area contributed by atoms with E-state index in [1.165, 1.54) is 0 Å². The number of fused-ring (bicyclic) bond motifs is 6. The molecule has 14 atom stereocenters. The van der Waals surface area contributed by atoms with Gasteiger partial charge in [0.1, 0.15) is 11.7 Å². The van der Waals surface area contributed by atoms with E-state index in [1.807, 2.05) is 27.7 Å². The first-order valence-corrected chi connectivity index (χ1v) is 13.5. The number of esters is 1. The number of hydrogen-bond donors (Lipinski definition) is 2.